The second-order valence-corrected chi connectivity index (χ2v) is 16.3. The van der Waals surface area contributed by atoms with Gasteiger partial charge in [0.15, 0.2) is 6.10 Å². The van der Waals surface area contributed by atoms with Gasteiger partial charge in [0.2, 0.25) is 0 Å². The van der Waals surface area contributed by atoms with Gasteiger partial charge in [-0.15, -0.1) is 0 Å². The summed E-state index contributed by atoms with van der Waals surface area (Å²) in [4.78, 5) is 38.0. The summed E-state index contributed by atoms with van der Waals surface area (Å²) in [6.45, 7) is 6.19. The molecule has 0 aromatic carbocycles. The van der Waals surface area contributed by atoms with Crippen LogP contribution in [-0.4, -0.2) is 37.2 Å². The van der Waals surface area contributed by atoms with Crippen molar-refractivity contribution in [1.82, 2.24) is 0 Å². The summed E-state index contributed by atoms with van der Waals surface area (Å²) in [5.74, 6) is -1.11. The van der Waals surface area contributed by atoms with E-state index in [0.717, 1.165) is 128 Å². The Balaban J connectivity index is 4.65. The molecule has 0 aromatic rings. The lowest BCUT2D eigenvalue weighted by atomic mass is 10.1. The molecule has 0 heterocycles. The first-order valence-corrected chi connectivity index (χ1v) is 26.0. The molecule has 1 unspecified atom stereocenters. The number of allylic oxidation sites excluding steroid dienone is 26. The fraction of sp³-hybridized carbons (Fsp3) is 0.525. The average molecular weight is 921 g/mol. The minimum atomic E-state index is -0.852. The van der Waals surface area contributed by atoms with E-state index in [2.05, 4.69) is 167 Å². The standard InChI is InChI=1S/C61H92O6/c1-4-7-10-13-16-19-22-25-27-29-30-32-33-36-39-42-45-48-51-54-60(63)66-57-58(56-65-59(62)53-50-47-44-41-38-35-24-21-18-15-12-9-6-3)67-61(64)55-52-49-46-43-40-37-34-31-28-26-23-20-17-14-11-8-5-2/h7-8,10-12,15-17,19-21,24-28,30,32,34,36-37,39,43,45-46,48,58H,4-6,9,13-14,18,22-23,29,31,33,35,38,40-42,44,47,49-57H2,1-3H3/b10-7-,11-8-,15-12-,19-16-,20-17-,24-21-,27-25-,28-26-,32-30-,37-34-,39-36-,46-43-,48-45-. The van der Waals surface area contributed by atoms with E-state index in [1.165, 1.54) is 6.42 Å². The first-order chi connectivity index (χ1) is 33.0. The monoisotopic (exact) mass is 921 g/mol. The van der Waals surface area contributed by atoms with Gasteiger partial charge in [-0.3, -0.25) is 14.4 Å². The third-order valence-corrected chi connectivity index (χ3v) is 9.99. The molecule has 0 saturated heterocycles. The number of carbonyl (C=O) groups excluding carboxylic acids is 3. The second kappa shape index (κ2) is 53.6. The van der Waals surface area contributed by atoms with E-state index in [9.17, 15) is 14.4 Å². The van der Waals surface area contributed by atoms with Gasteiger partial charge in [0.1, 0.15) is 13.2 Å². The van der Waals surface area contributed by atoms with E-state index in [1.807, 2.05) is 12.2 Å². The van der Waals surface area contributed by atoms with Crippen molar-refractivity contribution >= 4 is 17.9 Å². The van der Waals surface area contributed by atoms with Gasteiger partial charge in [-0.25, -0.2) is 0 Å². The second-order valence-electron chi connectivity index (χ2n) is 16.3. The molecule has 0 saturated carbocycles. The highest BCUT2D eigenvalue weighted by atomic mass is 16.6. The molecule has 6 nitrogen and oxygen atoms in total. The van der Waals surface area contributed by atoms with E-state index >= 15 is 0 Å². The zero-order valence-electron chi connectivity index (χ0n) is 42.3. The van der Waals surface area contributed by atoms with Crippen molar-refractivity contribution in [3.63, 3.8) is 0 Å². The fourth-order valence-electron chi connectivity index (χ4n) is 6.19. The van der Waals surface area contributed by atoms with E-state index in [4.69, 9.17) is 14.2 Å². The minimum absolute atomic E-state index is 0.139. The average Bonchev–Trinajstić information content (AvgIpc) is 3.33. The normalized spacial score (nSPS) is 13.4. The maximum Gasteiger partial charge on any atom is 0.306 e. The molecule has 1 atom stereocenters. The van der Waals surface area contributed by atoms with Crippen LogP contribution >= 0.6 is 0 Å². The third-order valence-electron chi connectivity index (χ3n) is 9.99. The predicted octanol–water partition coefficient (Wildman–Crippen LogP) is 17.4. The summed E-state index contributed by atoms with van der Waals surface area (Å²) in [6.07, 6.45) is 78.1. The van der Waals surface area contributed by atoms with Crippen LogP contribution in [0.1, 0.15) is 188 Å². The van der Waals surface area contributed by atoms with Gasteiger partial charge >= 0.3 is 17.9 Å². The molecule has 67 heavy (non-hydrogen) atoms. The van der Waals surface area contributed by atoms with Crippen molar-refractivity contribution in [2.24, 2.45) is 0 Å². The van der Waals surface area contributed by atoms with Crippen molar-refractivity contribution in [2.75, 3.05) is 13.2 Å². The fourth-order valence-corrected chi connectivity index (χ4v) is 6.19. The molecule has 0 fully saturated rings. The summed E-state index contributed by atoms with van der Waals surface area (Å²) in [6, 6.07) is 0. The topological polar surface area (TPSA) is 78.9 Å². The Bertz CT molecular complexity index is 1570. The maximum absolute atomic E-state index is 12.8. The zero-order chi connectivity index (χ0) is 48.6. The van der Waals surface area contributed by atoms with Crippen LogP contribution in [0.5, 0.6) is 0 Å². The van der Waals surface area contributed by atoms with Crippen molar-refractivity contribution < 1.29 is 28.6 Å². The van der Waals surface area contributed by atoms with E-state index in [1.54, 1.807) is 0 Å². The Morgan fingerprint density at radius 3 is 1.04 bits per heavy atom. The molecule has 0 radical (unpaired) electrons. The highest BCUT2D eigenvalue weighted by Crippen LogP contribution is 2.11. The van der Waals surface area contributed by atoms with Gasteiger partial charge in [0.05, 0.1) is 0 Å². The van der Waals surface area contributed by atoms with Crippen LogP contribution in [0.4, 0.5) is 0 Å². The molecule has 0 amide bonds. The van der Waals surface area contributed by atoms with Crippen LogP contribution < -0.4 is 0 Å². The van der Waals surface area contributed by atoms with E-state index in [0.29, 0.717) is 19.3 Å². The summed E-state index contributed by atoms with van der Waals surface area (Å²) in [5, 5.41) is 0. The lowest BCUT2D eigenvalue weighted by Gasteiger charge is -2.18. The Morgan fingerprint density at radius 2 is 0.627 bits per heavy atom. The molecule has 0 aliphatic heterocycles. The molecule has 0 aliphatic rings. The Hall–Kier alpha value is -4.97. The van der Waals surface area contributed by atoms with Gasteiger partial charge in [-0.05, 0) is 122 Å². The first kappa shape index (κ1) is 62.0. The van der Waals surface area contributed by atoms with Gasteiger partial charge in [-0.2, -0.15) is 0 Å². The summed E-state index contributed by atoms with van der Waals surface area (Å²) in [5.41, 5.74) is 0. The largest absolute Gasteiger partial charge is 0.462 e. The van der Waals surface area contributed by atoms with Crippen molar-refractivity contribution in [3.05, 3.63) is 158 Å². The number of ether oxygens (including phenoxy) is 3. The number of carbonyl (C=O) groups is 3. The maximum atomic E-state index is 12.8. The third kappa shape index (κ3) is 51.9. The first-order valence-electron chi connectivity index (χ1n) is 26.0. The Labute approximate surface area is 409 Å². The molecule has 6 heteroatoms. The molecular formula is C61H92O6. The van der Waals surface area contributed by atoms with E-state index in [-0.39, 0.29) is 38.0 Å². The highest BCUT2D eigenvalue weighted by molar-refractivity contribution is 5.71. The van der Waals surface area contributed by atoms with Crippen LogP contribution in [0.2, 0.25) is 0 Å². The SMILES string of the molecule is CC/C=C\C/C=C\C/C=C\C/C=C\C/C=C\C/C=C\CCC(=O)OCC(COC(=O)CCCCCCC/C=C\C/C=C\CCC)OC(=O)CCC/C=C\C/C=C\C/C=C\C/C=C\C/C=C\CC. The smallest absolute Gasteiger partial charge is 0.306 e. The van der Waals surface area contributed by atoms with Crippen molar-refractivity contribution in [2.45, 2.75) is 194 Å². The number of esters is 3. The Kier molecular flexibility index (Phi) is 49.7. The number of unbranched alkanes of at least 4 members (excludes halogenated alkanes) is 7. The van der Waals surface area contributed by atoms with Crippen LogP contribution in [0.15, 0.2) is 158 Å². The number of hydrogen-bond acceptors (Lipinski definition) is 6. The van der Waals surface area contributed by atoms with Gasteiger partial charge in [0.25, 0.3) is 0 Å². The van der Waals surface area contributed by atoms with E-state index < -0.39 is 12.1 Å². The van der Waals surface area contributed by atoms with Crippen LogP contribution in [0.25, 0.3) is 0 Å². The summed E-state index contributed by atoms with van der Waals surface area (Å²) >= 11 is 0. The van der Waals surface area contributed by atoms with Crippen LogP contribution in [0, 0.1) is 0 Å². The van der Waals surface area contributed by atoms with Crippen LogP contribution in [0.3, 0.4) is 0 Å². The molecule has 0 spiro atoms. The number of rotatable bonds is 44. The lowest BCUT2D eigenvalue weighted by molar-refractivity contribution is -0.166. The molecule has 0 N–H and O–H groups in total. The lowest BCUT2D eigenvalue weighted by Crippen LogP contribution is -2.30. The van der Waals surface area contributed by atoms with Crippen molar-refractivity contribution in [1.29, 1.82) is 0 Å². The molecular weight excluding hydrogens is 829 g/mol. The van der Waals surface area contributed by atoms with Gasteiger partial charge < -0.3 is 14.2 Å². The van der Waals surface area contributed by atoms with Gasteiger partial charge in [-0.1, -0.05) is 204 Å². The van der Waals surface area contributed by atoms with Crippen molar-refractivity contribution in [3.8, 4) is 0 Å². The number of hydrogen-bond donors (Lipinski definition) is 0. The molecule has 0 bridgehead atoms. The predicted molar refractivity (Wildman–Crippen MR) is 288 cm³/mol. The zero-order valence-corrected chi connectivity index (χ0v) is 42.3. The summed E-state index contributed by atoms with van der Waals surface area (Å²) in [7, 11) is 0. The molecule has 0 rings (SSSR count). The van der Waals surface area contributed by atoms with Crippen LogP contribution in [-0.2, 0) is 28.6 Å². The Morgan fingerprint density at radius 1 is 0.313 bits per heavy atom. The van der Waals surface area contributed by atoms with Gasteiger partial charge in [0, 0.05) is 19.3 Å². The quantitative estimate of drug-likeness (QED) is 0.0262. The molecule has 0 aliphatic carbocycles. The minimum Gasteiger partial charge on any atom is -0.462 e. The highest BCUT2D eigenvalue weighted by Gasteiger charge is 2.19. The molecule has 372 valence electrons. The summed E-state index contributed by atoms with van der Waals surface area (Å²) < 4.78 is 16.7. The molecule has 0 aromatic heterocycles.